The van der Waals surface area contributed by atoms with E-state index in [2.05, 4.69) is 21.2 Å². The smallest absolute Gasteiger partial charge is 0.338 e. The van der Waals surface area contributed by atoms with Crippen molar-refractivity contribution in [1.82, 2.24) is 0 Å². The first-order valence-electron chi connectivity index (χ1n) is 7.08. The van der Waals surface area contributed by atoms with Gasteiger partial charge in [0, 0.05) is 10.7 Å². The van der Waals surface area contributed by atoms with E-state index < -0.39 is 18.5 Å². The first kappa shape index (κ1) is 19.1. The van der Waals surface area contributed by atoms with Crippen molar-refractivity contribution in [2.75, 3.05) is 26.1 Å². The number of esters is 1. The van der Waals surface area contributed by atoms with E-state index in [9.17, 15) is 9.59 Å². The third-order valence-corrected chi connectivity index (χ3v) is 4.14. The Morgan fingerprint density at radius 3 is 2.32 bits per heavy atom. The molecule has 2 rings (SSSR count). The van der Waals surface area contributed by atoms with Crippen molar-refractivity contribution in [1.29, 1.82) is 0 Å². The van der Waals surface area contributed by atoms with Crippen LogP contribution in [0.25, 0.3) is 0 Å². The molecule has 0 heterocycles. The summed E-state index contributed by atoms with van der Waals surface area (Å²) in [5.41, 5.74) is 0.716. The number of carbonyl (C=O) groups is 2. The number of amides is 1. The van der Waals surface area contributed by atoms with Crippen LogP contribution in [0.5, 0.6) is 11.5 Å². The van der Waals surface area contributed by atoms with Gasteiger partial charge in [-0.1, -0.05) is 17.7 Å². The molecule has 0 unspecified atom stereocenters. The summed E-state index contributed by atoms with van der Waals surface area (Å²) in [6.07, 6.45) is 0. The summed E-state index contributed by atoms with van der Waals surface area (Å²) in [6, 6.07) is 9.63. The Kier molecular flexibility index (Phi) is 6.66. The van der Waals surface area contributed by atoms with Gasteiger partial charge in [-0.2, -0.15) is 0 Å². The molecule has 0 saturated heterocycles. The molecule has 2 aromatic rings. The molecular weight excluding hydrogens is 414 g/mol. The quantitative estimate of drug-likeness (QED) is 0.706. The molecule has 6 nitrogen and oxygen atoms in total. The Labute approximate surface area is 158 Å². The molecule has 0 aromatic heterocycles. The molecule has 0 aliphatic carbocycles. The molecule has 1 N–H and O–H groups in total. The van der Waals surface area contributed by atoms with E-state index in [-0.39, 0.29) is 5.56 Å². The zero-order chi connectivity index (χ0) is 18.4. The predicted octanol–water partition coefficient (Wildman–Crippen LogP) is 3.92. The predicted molar refractivity (Wildman–Crippen MR) is 97.6 cm³/mol. The fourth-order valence-electron chi connectivity index (χ4n) is 1.96. The van der Waals surface area contributed by atoms with Crippen LogP contribution in [-0.4, -0.2) is 32.7 Å². The van der Waals surface area contributed by atoms with Gasteiger partial charge in [-0.3, -0.25) is 4.79 Å². The average Bonchev–Trinajstić information content (AvgIpc) is 2.60. The molecule has 0 aliphatic heterocycles. The van der Waals surface area contributed by atoms with Gasteiger partial charge in [0.15, 0.2) is 6.61 Å². The molecule has 1 amide bonds. The summed E-state index contributed by atoms with van der Waals surface area (Å²) in [5.74, 6) is -0.332. The van der Waals surface area contributed by atoms with Gasteiger partial charge in [0.1, 0.15) is 16.0 Å². The topological polar surface area (TPSA) is 73.9 Å². The van der Waals surface area contributed by atoms with Gasteiger partial charge < -0.3 is 19.5 Å². The fourth-order valence-corrected chi connectivity index (χ4v) is 2.71. The second-order valence-corrected chi connectivity index (χ2v) is 6.06. The standard InChI is InChI=1S/C17H15BrClNO5/c1-23-13-6-10(7-14(24-2)16(13)18)17(22)25-9-15(21)20-12-5-3-4-11(19)8-12/h3-8H,9H2,1-2H3,(H,20,21). The van der Waals surface area contributed by atoms with Crippen LogP contribution in [-0.2, 0) is 9.53 Å². The van der Waals surface area contributed by atoms with E-state index in [0.717, 1.165) is 0 Å². The lowest BCUT2D eigenvalue weighted by molar-refractivity contribution is -0.119. The summed E-state index contributed by atoms with van der Waals surface area (Å²) >= 11 is 9.15. The highest BCUT2D eigenvalue weighted by molar-refractivity contribution is 9.10. The van der Waals surface area contributed by atoms with Gasteiger partial charge in [-0.25, -0.2) is 4.79 Å². The van der Waals surface area contributed by atoms with E-state index in [0.29, 0.717) is 26.7 Å². The summed E-state index contributed by atoms with van der Waals surface area (Å²) in [7, 11) is 2.93. The second kappa shape index (κ2) is 8.73. The lowest BCUT2D eigenvalue weighted by Crippen LogP contribution is -2.21. The fraction of sp³-hybridized carbons (Fsp3) is 0.176. The lowest BCUT2D eigenvalue weighted by Gasteiger charge is -2.11. The van der Waals surface area contributed by atoms with Crippen LogP contribution >= 0.6 is 27.5 Å². The zero-order valence-corrected chi connectivity index (χ0v) is 15.8. The first-order chi connectivity index (χ1) is 11.9. The summed E-state index contributed by atoms with van der Waals surface area (Å²) in [4.78, 5) is 24.0. The summed E-state index contributed by atoms with van der Waals surface area (Å²) < 4.78 is 15.9. The molecule has 0 bridgehead atoms. The molecule has 25 heavy (non-hydrogen) atoms. The van der Waals surface area contributed by atoms with Gasteiger partial charge in [-0.15, -0.1) is 0 Å². The minimum atomic E-state index is -0.676. The average molecular weight is 429 g/mol. The van der Waals surface area contributed by atoms with Gasteiger partial charge in [0.05, 0.1) is 19.8 Å². The Bertz CT molecular complexity index is 771. The van der Waals surface area contributed by atoms with Crippen LogP contribution in [0.3, 0.4) is 0 Å². The molecule has 8 heteroatoms. The van der Waals surface area contributed by atoms with Crippen LogP contribution in [0.2, 0.25) is 5.02 Å². The number of benzene rings is 2. The van der Waals surface area contributed by atoms with E-state index in [1.165, 1.54) is 26.4 Å². The minimum Gasteiger partial charge on any atom is -0.495 e. The molecule has 0 spiro atoms. The highest BCUT2D eigenvalue weighted by atomic mass is 79.9. The molecule has 0 atom stereocenters. The highest BCUT2D eigenvalue weighted by Gasteiger charge is 2.16. The molecule has 0 aliphatic rings. The molecular formula is C17H15BrClNO5. The first-order valence-corrected chi connectivity index (χ1v) is 8.25. The number of methoxy groups -OCH3 is 2. The maximum atomic E-state index is 12.2. The largest absolute Gasteiger partial charge is 0.495 e. The van der Waals surface area contributed by atoms with Crippen molar-refractivity contribution < 1.29 is 23.8 Å². The van der Waals surface area contributed by atoms with E-state index in [1.54, 1.807) is 24.3 Å². The molecule has 0 saturated carbocycles. The van der Waals surface area contributed by atoms with Crippen LogP contribution < -0.4 is 14.8 Å². The van der Waals surface area contributed by atoms with Gasteiger partial charge >= 0.3 is 5.97 Å². The second-order valence-electron chi connectivity index (χ2n) is 4.83. The molecule has 132 valence electrons. The van der Waals surface area contributed by atoms with Gasteiger partial charge in [0.2, 0.25) is 0 Å². The number of hydrogen-bond acceptors (Lipinski definition) is 5. The highest BCUT2D eigenvalue weighted by Crippen LogP contribution is 2.35. The van der Waals surface area contributed by atoms with Crippen LogP contribution in [0.4, 0.5) is 5.69 Å². The number of halogens is 2. The summed E-state index contributed by atoms with van der Waals surface area (Å²) in [6.45, 7) is -0.438. The number of anilines is 1. The van der Waals surface area contributed by atoms with Crippen LogP contribution in [0.1, 0.15) is 10.4 Å². The Balaban J connectivity index is 2.01. The normalized spacial score (nSPS) is 10.1. The van der Waals surface area contributed by atoms with Crippen molar-refractivity contribution >= 4 is 45.1 Å². The SMILES string of the molecule is COc1cc(C(=O)OCC(=O)Nc2cccc(Cl)c2)cc(OC)c1Br. The minimum absolute atomic E-state index is 0.201. The van der Waals surface area contributed by atoms with E-state index >= 15 is 0 Å². The Morgan fingerprint density at radius 1 is 1.12 bits per heavy atom. The van der Waals surface area contributed by atoms with Crippen molar-refractivity contribution in [3.05, 3.63) is 51.5 Å². The van der Waals surface area contributed by atoms with E-state index in [1.807, 2.05) is 0 Å². The number of ether oxygens (including phenoxy) is 3. The van der Waals surface area contributed by atoms with Crippen molar-refractivity contribution in [2.24, 2.45) is 0 Å². The van der Waals surface area contributed by atoms with Crippen molar-refractivity contribution in [2.45, 2.75) is 0 Å². The monoisotopic (exact) mass is 427 g/mol. The lowest BCUT2D eigenvalue weighted by atomic mass is 10.2. The number of hydrogen-bond donors (Lipinski definition) is 1. The third kappa shape index (κ3) is 5.11. The molecule has 2 aromatic carbocycles. The van der Waals surface area contributed by atoms with Crippen molar-refractivity contribution in [3.63, 3.8) is 0 Å². The maximum absolute atomic E-state index is 12.2. The van der Waals surface area contributed by atoms with Gasteiger partial charge in [-0.05, 0) is 46.3 Å². The number of nitrogens with one attached hydrogen (secondary N) is 1. The van der Waals surface area contributed by atoms with Crippen molar-refractivity contribution in [3.8, 4) is 11.5 Å². The van der Waals surface area contributed by atoms with E-state index in [4.69, 9.17) is 25.8 Å². The van der Waals surface area contributed by atoms with Gasteiger partial charge in [0.25, 0.3) is 5.91 Å². The van der Waals surface area contributed by atoms with Crippen LogP contribution in [0.15, 0.2) is 40.9 Å². The summed E-state index contributed by atoms with van der Waals surface area (Å²) in [5, 5.41) is 3.08. The molecule has 0 fully saturated rings. The third-order valence-electron chi connectivity index (χ3n) is 3.12. The Hall–Kier alpha value is -2.25. The zero-order valence-electron chi connectivity index (χ0n) is 13.5. The Morgan fingerprint density at radius 2 is 1.76 bits per heavy atom. The maximum Gasteiger partial charge on any atom is 0.338 e. The number of carbonyl (C=O) groups excluding carboxylic acids is 2. The molecule has 0 radical (unpaired) electrons. The number of rotatable bonds is 6. The van der Waals surface area contributed by atoms with Crippen LogP contribution in [0, 0.1) is 0 Å².